The Morgan fingerprint density at radius 1 is 0.875 bits per heavy atom. The van der Waals surface area contributed by atoms with Crippen molar-refractivity contribution in [2.24, 2.45) is 0 Å². The smallest absolute Gasteiger partial charge is 0.257 e. The van der Waals surface area contributed by atoms with Crippen LogP contribution in [0.2, 0.25) is 0 Å². The summed E-state index contributed by atoms with van der Waals surface area (Å²) in [5.74, 6) is -0.873. The monoisotopic (exact) mass is 321 g/mol. The highest BCUT2D eigenvalue weighted by Crippen LogP contribution is 2.15. The van der Waals surface area contributed by atoms with Crippen molar-refractivity contribution in [1.29, 1.82) is 0 Å². The lowest BCUT2D eigenvalue weighted by molar-refractivity contribution is 0.0725. The highest BCUT2D eigenvalue weighted by molar-refractivity contribution is 5.94. The number of rotatable bonds is 5. The quantitative estimate of drug-likeness (QED) is 0.723. The molecular formula is C19H16FN3O. The lowest BCUT2D eigenvalue weighted by Gasteiger charge is -2.23. The number of benzene rings is 1. The van der Waals surface area contributed by atoms with E-state index in [2.05, 4.69) is 9.97 Å². The number of carbonyl (C=O) groups is 1. The summed E-state index contributed by atoms with van der Waals surface area (Å²) in [4.78, 5) is 22.5. The van der Waals surface area contributed by atoms with Crippen molar-refractivity contribution >= 4 is 5.91 Å². The van der Waals surface area contributed by atoms with Gasteiger partial charge < -0.3 is 4.90 Å². The van der Waals surface area contributed by atoms with Crippen LogP contribution >= 0.6 is 0 Å². The van der Waals surface area contributed by atoms with E-state index in [1.807, 2.05) is 24.3 Å². The molecule has 4 nitrogen and oxygen atoms in total. The van der Waals surface area contributed by atoms with Crippen LogP contribution in [0.25, 0.3) is 0 Å². The van der Waals surface area contributed by atoms with E-state index in [-0.39, 0.29) is 11.5 Å². The average molecular weight is 321 g/mol. The highest BCUT2D eigenvalue weighted by atomic mass is 19.1. The van der Waals surface area contributed by atoms with Crippen molar-refractivity contribution in [2.75, 3.05) is 0 Å². The predicted molar refractivity (Wildman–Crippen MR) is 88.5 cm³/mol. The minimum atomic E-state index is -0.520. The molecule has 0 aliphatic heterocycles. The molecule has 0 bridgehead atoms. The summed E-state index contributed by atoms with van der Waals surface area (Å²) >= 11 is 0. The van der Waals surface area contributed by atoms with Crippen LogP contribution in [0.15, 0.2) is 73.3 Å². The van der Waals surface area contributed by atoms with Crippen molar-refractivity contribution in [3.8, 4) is 0 Å². The third kappa shape index (κ3) is 3.81. The number of hydrogen-bond acceptors (Lipinski definition) is 3. The van der Waals surface area contributed by atoms with Crippen LogP contribution in [0.5, 0.6) is 0 Å². The molecule has 3 rings (SSSR count). The van der Waals surface area contributed by atoms with E-state index in [4.69, 9.17) is 0 Å². The molecule has 0 atom stereocenters. The number of nitrogens with zero attached hydrogens (tertiary/aromatic N) is 3. The fraction of sp³-hybridized carbons (Fsp3) is 0.105. The minimum Gasteiger partial charge on any atom is -0.330 e. The molecule has 0 fully saturated rings. The summed E-state index contributed by atoms with van der Waals surface area (Å²) in [6.45, 7) is 0.716. The number of halogens is 1. The summed E-state index contributed by atoms with van der Waals surface area (Å²) < 4.78 is 14.0. The second-order valence-electron chi connectivity index (χ2n) is 5.36. The van der Waals surface area contributed by atoms with Crippen LogP contribution < -0.4 is 0 Å². The first-order chi connectivity index (χ1) is 11.7. The van der Waals surface area contributed by atoms with E-state index >= 15 is 0 Å². The van der Waals surface area contributed by atoms with Gasteiger partial charge in [0, 0.05) is 37.9 Å². The summed E-state index contributed by atoms with van der Waals surface area (Å²) in [6.07, 6.45) is 6.72. The average Bonchev–Trinajstić information content (AvgIpc) is 2.63. The molecule has 1 amide bonds. The van der Waals surface area contributed by atoms with Gasteiger partial charge in [-0.15, -0.1) is 0 Å². The Hall–Kier alpha value is -3.08. The molecule has 5 heteroatoms. The van der Waals surface area contributed by atoms with Crippen LogP contribution in [0.1, 0.15) is 21.5 Å². The molecular weight excluding hydrogens is 305 g/mol. The van der Waals surface area contributed by atoms with Gasteiger partial charge in [0.15, 0.2) is 0 Å². The van der Waals surface area contributed by atoms with E-state index in [1.165, 1.54) is 12.1 Å². The van der Waals surface area contributed by atoms with Gasteiger partial charge in [0.1, 0.15) is 5.82 Å². The van der Waals surface area contributed by atoms with Crippen LogP contribution in [-0.4, -0.2) is 20.8 Å². The maximum absolute atomic E-state index is 14.0. The predicted octanol–water partition coefficient (Wildman–Crippen LogP) is 3.46. The first-order valence-corrected chi connectivity index (χ1v) is 7.55. The van der Waals surface area contributed by atoms with E-state index in [9.17, 15) is 9.18 Å². The Morgan fingerprint density at radius 3 is 2.33 bits per heavy atom. The Bertz CT molecular complexity index is 768. The van der Waals surface area contributed by atoms with Gasteiger partial charge in [-0.1, -0.05) is 18.2 Å². The molecule has 0 spiro atoms. The standard InChI is InChI=1S/C19H16FN3O/c20-18-6-2-1-5-17(18)19(24)23(13-15-7-10-21-11-8-15)14-16-4-3-9-22-12-16/h1-12H,13-14H2. The molecule has 0 radical (unpaired) electrons. The Kier molecular flexibility index (Phi) is 4.91. The van der Waals surface area contributed by atoms with Crippen molar-refractivity contribution < 1.29 is 9.18 Å². The van der Waals surface area contributed by atoms with E-state index < -0.39 is 5.82 Å². The largest absolute Gasteiger partial charge is 0.330 e. The number of pyridine rings is 2. The molecule has 3 aromatic rings. The third-order valence-electron chi connectivity index (χ3n) is 3.61. The van der Waals surface area contributed by atoms with Crippen molar-refractivity contribution in [3.05, 3.63) is 95.8 Å². The fourth-order valence-corrected chi connectivity index (χ4v) is 2.43. The van der Waals surface area contributed by atoms with Crippen LogP contribution in [0, 0.1) is 5.82 Å². The zero-order valence-electron chi connectivity index (χ0n) is 13.0. The Balaban J connectivity index is 1.89. The third-order valence-corrected chi connectivity index (χ3v) is 3.61. The molecule has 0 N–H and O–H groups in total. The minimum absolute atomic E-state index is 0.0652. The van der Waals surface area contributed by atoms with Gasteiger partial charge in [0.05, 0.1) is 5.56 Å². The Morgan fingerprint density at radius 2 is 1.62 bits per heavy atom. The topological polar surface area (TPSA) is 46.1 Å². The molecule has 0 aliphatic rings. The zero-order valence-corrected chi connectivity index (χ0v) is 13.0. The maximum atomic E-state index is 14.0. The van der Waals surface area contributed by atoms with E-state index in [0.717, 1.165) is 11.1 Å². The lowest BCUT2D eigenvalue weighted by Crippen LogP contribution is -2.30. The van der Waals surface area contributed by atoms with Crippen LogP contribution in [0.3, 0.4) is 0 Å². The molecule has 0 saturated heterocycles. The molecule has 0 aliphatic carbocycles. The number of amides is 1. The molecule has 1 aromatic carbocycles. The van der Waals surface area contributed by atoms with Gasteiger partial charge in [0.2, 0.25) is 0 Å². The van der Waals surface area contributed by atoms with E-state index in [1.54, 1.807) is 41.8 Å². The molecule has 0 unspecified atom stereocenters. The number of hydrogen-bond donors (Lipinski definition) is 0. The number of carbonyl (C=O) groups excluding carboxylic acids is 1. The van der Waals surface area contributed by atoms with Crippen LogP contribution in [-0.2, 0) is 13.1 Å². The van der Waals surface area contributed by atoms with Gasteiger partial charge >= 0.3 is 0 Å². The van der Waals surface area contributed by atoms with Gasteiger partial charge in [0.25, 0.3) is 5.91 Å². The second kappa shape index (κ2) is 7.46. The van der Waals surface area contributed by atoms with E-state index in [0.29, 0.717) is 13.1 Å². The highest BCUT2D eigenvalue weighted by Gasteiger charge is 2.19. The molecule has 2 aromatic heterocycles. The SMILES string of the molecule is O=C(c1ccccc1F)N(Cc1ccncc1)Cc1cccnc1. The molecule has 2 heterocycles. The number of aromatic nitrogens is 2. The second-order valence-corrected chi connectivity index (χ2v) is 5.36. The van der Waals surface area contributed by atoms with Crippen molar-refractivity contribution in [1.82, 2.24) is 14.9 Å². The molecule has 120 valence electrons. The summed E-state index contributed by atoms with van der Waals surface area (Å²) in [5.41, 5.74) is 1.88. The first-order valence-electron chi connectivity index (χ1n) is 7.55. The zero-order chi connectivity index (χ0) is 16.8. The normalized spacial score (nSPS) is 10.4. The maximum Gasteiger partial charge on any atom is 0.257 e. The summed E-state index contributed by atoms with van der Waals surface area (Å²) in [6, 6.07) is 13.4. The lowest BCUT2D eigenvalue weighted by atomic mass is 10.1. The summed E-state index contributed by atoms with van der Waals surface area (Å²) in [5, 5.41) is 0. The van der Waals surface area contributed by atoms with Gasteiger partial charge in [-0.3, -0.25) is 14.8 Å². The van der Waals surface area contributed by atoms with Gasteiger partial charge in [-0.05, 0) is 41.5 Å². The fourth-order valence-electron chi connectivity index (χ4n) is 2.43. The van der Waals surface area contributed by atoms with Crippen molar-refractivity contribution in [2.45, 2.75) is 13.1 Å². The Labute approximate surface area is 139 Å². The molecule has 0 saturated carbocycles. The summed E-state index contributed by atoms with van der Waals surface area (Å²) in [7, 11) is 0. The van der Waals surface area contributed by atoms with Crippen LogP contribution in [0.4, 0.5) is 4.39 Å². The van der Waals surface area contributed by atoms with Gasteiger partial charge in [-0.2, -0.15) is 0 Å². The molecule has 24 heavy (non-hydrogen) atoms. The first kappa shape index (κ1) is 15.8. The van der Waals surface area contributed by atoms with Gasteiger partial charge in [-0.25, -0.2) is 4.39 Å². The van der Waals surface area contributed by atoms with Crippen molar-refractivity contribution in [3.63, 3.8) is 0 Å².